The van der Waals surface area contributed by atoms with E-state index in [2.05, 4.69) is 32.4 Å². The Morgan fingerprint density at radius 3 is 2.61 bits per heavy atom. The highest BCUT2D eigenvalue weighted by Crippen LogP contribution is 2.30. The van der Waals surface area contributed by atoms with E-state index in [4.69, 9.17) is 0 Å². The second-order valence-electron chi connectivity index (χ2n) is 7.25. The number of rotatable bonds is 5. The smallest absolute Gasteiger partial charge is 0.191 e. The van der Waals surface area contributed by atoms with E-state index in [0.717, 1.165) is 37.3 Å². The summed E-state index contributed by atoms with van der Waals surface area (Å²) >= 11 is 1.67. The molecule has 1 N–H and O–H groups in total. The lowest BCUT2D eigenvalue weighted by atomic mass is 10.0. The van der Waals surface area contributed by atoms with Crippen LogP contribution in [0.3, 0.4) is 0 Å². The number of halogens is 1. The van der Waals surface area contributed by atoms with Gasteiger partial charge >= 0.3 is 0 Å². The van der Waals surface area contributed by atoms with Crippen molar-refractivity contribution in [2.75, 3.05) is 5.32 Å². The van der Waals surface area contributed by atoms with Crippen LogP contribution in [-0.4, -0.2) is 15.0 Å². The van der Waals surface area contributed by atoms with Crippen molar-refractivity contribution in [2.45, 2.75) is 13.5 Å². The van der Waals surface area contributed by atoms with Gasteiger partial charge in [0.2, 0.25) is 0 Å². The molecule has 152 valence electrons. The van der Waals surface area contributed by atoms with Crippen LogP contribution in [0.5, 0.6) is 0 Å². The van der Waals surface area contributed by atoms with E-state index >= 15 is 4.39 Å². The molecule has 5 aromatic rings. The molecule has 2 aromatic carbocycles. The lowest BCUT2D eigenvalue weighted by Crippen LogP contribution is -2.04. The minimum Gasteiger partial charge on any atom is -0.363 e. The molecule has 0 aliphatic heterocycles. The van der Waals surface area contributed by atoms with E-state index in [1.807, 2.05) is 67.7 Å². The number of hydrogen-bond donors (Lipinski definition) is 1. The van der Waals surface area contributed by atoms with Gasteiger partial charge in [0.05, 0.1) is 6.54 Å². The summed E-state index contributed by atoms with van der Waals surface area (Å²) in [5, 5.41) is 5.28. The van der Waals surface area contributed by atoms with Gasteiger partial charge in [0.1, 0.15) is 12.0 Å². The SMILES string of the molecule is Cc1cc(-c2ccc(CNc3ncnc(-c4ccc5ccccc5c4)c3F)s2)ccn1. The van der Waals surface area contributed by atoms with Crippen LogP contribution in [0.15, 0.2) is 79.3 Å². The molecule has 3 aromatic heterocycles. The van der Waals surface area contributed by atoms with Crippen molar-refractivity contribution < 1.29 is 4.39 Å². The molecular weight excluding hydrogens is 407 g/mol. The zero-order valence-electron chi connectivity index (χ0n) is 16.8. The van der Waals surface area contributed by atoms with Crippen LogP contribution in [0.2, 0.25) is 0 Å². The van der Waals surface area contributed by atoms with Crippen LogP contribution in [0, 0.1) is 12.7 Å². The molecule has 0 aliphatic carbocycles. The molecule has 0 unspecified atom stereocenters. The number of aromatic nitrogens is 3. The first-order valence-electron chi connectivity index (χ1n) is 9.93. The molecule has 0 aliphatic rings. The van der Waals surface area contributed by atoms with Crippen LogP contribution in [-0.2, 0) is 6.54 Å². The fourth-order valence-corrected chi connectivity index (χ4v) is 4.47. The quantitative estimate of drug-likeness (QED) is 0.349. The summed E-state index contributed by atoms with van der Waals surface area (Å²) < 4.78 is 15.2. The van der Waals surface area contributed by atoms with Crippen LogP contribution in [0.25, 0.3) is 32.5 Å². The van der Waals surface area contributed by atoms with Crippen molar-refractivity contribution in [3.05, 3.63) is 95.6 Å². The number of aryl methyl sites for hydroxylation is 1. The molecule has 0 amide bonds. The number of anilines is 1. The molecule has 6 heteroatoms. The minimum atomic E-state index is -0.445. The Morgan fingerprint density at radius 1 is 0.871 bits per heavy atom. The molecule has 0 fully saturated rings. The number of pyridine rings is 1. The standard InChI is InChI=1S/C25H19FN4S/c1-16-12-19(10-11-27-16)22-9-8-21(31-22)14-28-25-23(26)24(29-15-30-25)20-7-6-17-4-2-3-5-18(17)13-20/h2-13,15H,14H2,1H3,(H,28,29,30). The van der Waals surface area contributed by atoms with E-state index in [-0.39, 0.29) is 5.82 Å². The lowest BCUT2D eigenvalue weighted by Gasteiger charge is -2.09. The van der Waals surface area contributed by atoms with Crippen molar-refractivity contribution >= 4 is 27.9 Å². The molecule has 5 rings (SSSR count). The fourth-order valence-electron chi connectivity index (χ4n) is 3.53. The number of thiophene rings is 1. The zero-order chi connectivity index (χ0) is 21.2. The van der Waals surface area contributed by atoms with Gasteiger partial charge in [-0.05, 0) is 53.6 Å². The van der Waals surface area contributed by atoms with E-state index in [9.17, 15) is 0 Å². The van der Waals surface area contributed by atoms with E-state index < -0.39 is 5.82 Å². The summed E-state index contributed by atoms with van der Waals surface area (Å²) in [6, 6.07) is 22.0. The molecule has 0 bridgehead atoms. The Balaban J connectivity index is 1.37. The monoisotopic (exact) mass is 426 g/mol. The molecule has 3 heterocycles. The number of benzene rings is 2. The number of nitrogens with one attached hydrogen (secondary N) is 1. The maximum atomic E-state index is 15.2. The van der Waals surface area contributed by atoms with E-state index in [1.165, 1.54) is 6.33 Å². The Kier molecular flexibility index (Phi) is 5.14. The van der Waals surface area contributed by atoms with Crippen LogP contribution in [0.1, 0.15) is 10.6 Å². The summed E-state index contributed by atoms with van der Waals surface area (Å²) in [5.41, 5.74) is 3.14. The van der Waals surface area contributed by atoms with Crippen molar-refractivity contribution in [2.24, 2.45) is 0 Å². The van der Waals surface area contributed by atoms with Crippen molar-refractivity contribution in [3.8, 4) is 21.7 Å². The first-order valence-corrected chi connectivity index (χ1v) is 10.7. The molecule has 0 saturated heterocycles. The summed E-state index contributed by atoms with van der Waals surface area (Å²) in [7, 11) is 0. The first kappa shape index (κ1) is 19.3. The Bertz CT molecular complexity index is 1380. The van der Waals surface area contributed by atoms with Gasteiger partial charge in [-0.25, -0.2) is 14.4 Å². The van der Waals surface area contributed by atoms with Gasteiger partial charge in [0.15, 0.2) is 11.6 Å². The number of hydrogen-bond acceptors (Lipinski definition) is 5. The summed E-state index contributed by atoms with van der Waals surface area (Å²) in [4.78, 5) is 14.8. The topological polar surface area (TPSA) is 50.7 Å². The average molecular weight is 427 g/mol. The number of fused-ring (bicyclic) bond motifs is 1. The molecule has 0 atom stereocenters. The molecule has 0 radical (unpaired) electrons. The van der Waals surface area contributed by atoms with Gasteiger partial charge < -0.3 is 5.32 Å². The number of nitrogens with zero attached hydrogens (tertiary/aromatic N) is 3. The average Bonchev–Trinajstić information content (AvgIpc) is 3.27. The maximum Gasteiger partial charge on any atom is 0.191 e. The minimum absolute atomic E-state index is 0.202. The predicted octanol–water partition coefficient (Wildman–Crippen LogP) is 6.48. The van der Waals surface area contributed by atoms with Gasteiger partial charge in [0.25, 0.3) is 0 Å². The van der Waals surface area contributed by atoms with Crippen LogP contribution in [0.4, 0.5) is 10.2 Å². The van der Waals surface area contributed by atoms with Gasteiger partial charge in [-0.3, -0.25) is 4.98 Å². The third kappa shape index (κ3) is 4.02. The third-order valence-corrected chi connectivity index (χ3v) is 6.22. The van der Waals surface area contributed by atoms with Gasteiger partial charge in [-0.2, -0.15) is 0 Å². The molecule has 0 spiro atoms. The first-order chi connectivity index (χ1) is 15.2. The van der Waals surface area contributed by atoms with Gasteiger partial charge in [0, 0.05) is 27.2 Å². The highest BCUT2D eigenvalue weighted by atomic mass is 32.1. The van der Waals surface area contributed by atoms with Crippen molar-refractivity contribution in [1.29, 1.82) is 0 Å². The zero-order valence-corrected chi connectivity index (χ0v) is 17.7. The highest BCUT2D eigenvalue weighted by molar-refractivity contribution is 7.15. The van der Waals surface area contributed by atoms with Crippen LogP contribution >= 0.6 is 11.3 Å². The van der Waals surface area contributed by atoms with Crippen molar-refractivity contribution in [1.82, 2.24) is 15.0 Å². The highest BCUT2D eigenvalue weighted by Gasteiger charge is 2.14. The largest absolute Gasteiger partial charge is 0.363 e. The Morgan fingerprint density at radius 2 is 1.74 bits per heavy atom. The van der Waals surface area contributed by atoms with Gasteiger partial charge in [-0.15, -0.1) is 11.3 Å². The molecule has 0 saturated carbocycles. The summed E-state index contributed by atoms with van der Waals surface area (Å²) in [6.45, 7) is 2.46. The maximum absolute atomic E-state index is 15.2. The van der Waals surface area contributed by atoms with E-state index in [1.54, 1.807) is 11.3 Å². The molecule has 4 nitrogen and oxygen atoms in total. The van der Waals surface area contributed by atoms with Crippen molar-refractivity contribution in [3.63, 3.8) is 0 Å². The fraction of sp³-hybridized carbons (Fsp3) is 0.0800. The molecular formula is C25H19FN4S. The van der Waals surface area contributed by atoms with Gasteiger partial charge in [-0.1, -0.05) is 36.4 Å². The van der Waals surface area contributed by atoms with E-state index in [0.29, 0.717) is 12.2 Å². The normalized spacial score (nSPS) is 11.0. The third-order valence-electron chi connectivity index (χ3n) is 5.09. The predicted molar refractivity (Wildman–Crippen MR) is 125 cm³/mol. The summed E-state index contributed by atoms with van der Waals surface area (Å²) in [6.07, 6.45) is 3.21. The molecule has 31 heavy (non-hydrogen) atoms. The lowest BCUT2D eigenvalue weighted by molar-refractivity contribution is 0.621. The summed E-state index contributed by atoms with van der Waals surface area (Å²) in [5.74, 6) is -0.243. The van der Waals surface area contributed by atoms with Crippen LogP contribution < -0.4 is 5.32 Å². The Hall–Kier alpha value is -3.64. The Labute approximate surface area is 183 Å². The second-order valence-corrected chi connectivity index (χ2v) is 8.42. The second kappa shape index (κ2) is 8.24.